The van der Waals surface area contributed by atoms with Crippen LogP contribution in [0.5, 0.6) is 0 Å². The molecule has 1 heterocycles. The summed E-state index contributed by atoms with van der Waals surface area (Å²) in [6.45, 7) is 9.16. The number of thioether (sulfide) groups is 1. The molecular formula is C12H18O2S. The van der Waals surface area contributed by atoms with Crippen molar-refractivity contribution in [3.05, 3.63) is 10.5 Å². The Kier molecular flexibility index (Phi) is 2.72. The number of carbonyl (C=O) groups is 1. The van der Waals surface area contributed by atoms with Crippen LogP contribution in [-0.2, 0) is 9.53 Å². The maximum Gasteiger partial charge on any atom is 0.169 e. The van der Waals surface area contributed by atoms with Gasteiger partial charge in [0.1, 0.15) is 0 Å². The van der Waals surface area contributed by atoms with Crippen LogP contribution >= 0.6 is 11.8 Å². The van der Waals surface area contributed by atoms with Crippen molar-refractivity contribution in [1.82, 2.24) is 0 Å². The summed E-state index contributed by atoms with van der Waals surface area (Å²) in [5, 5.41) is 0. The van der Waals surface area contributed by atoms with E-state index in [9.17, 15) is 4.79 Å². The van der Waals surface area contributed by atoms with Crippen molar-refractivity contribution in [1.29, 1.82) is 0 Å². The summed E-state index contributed by atoms with van der Waals surface area (Å²) in [7, 11) is 0. The Balaban J connectivity index is 2.25. The van der Waals surface area contributed by atoms with Gasteiger partial charge in [-0.3, -0.25) is 4.79 Å². The van der Waals surface area contributed by atoms with Gasteiger partial charge in [-0.15, -0.1) is 11.8 Å². The number of carbonyl (C=O) groups excluding carboxylic acids is 1. The first-order valence-corrected chi connectivity index (χ1v) is 6.27. The minimum atomic E-state index is 0.110. The van der Waals surface area contributed by atoms with Crippen molar-refractivity contribution >= 4 is 17.5 Å². The normalized spacial score (nSPS) is 31.3. The second-order valence-corrected chi connectivity index (χ2v) is 7.16. The highest BCUT2D eigenvalue weighted by atomic mass is 32.2. The number of allylic oxidation sites excluding steroid dienone is 1. The van der Waals surface area contributed by atoms with E-state index in [2.05, 4.69) is 27.7 Å². The molecule has 0 radical (unpaired) electrons. The van der Waals surface area contributed by atoms with Crippen LogP contribution in [0.2, 0.25) is 0 Å². The molecule has 2 rings (SSSR count). The van der Waals surface area contributed by atoms with Crippen molar-refractivity contribution in [2.75, 3.05) is 6.61 Å². The fraction of sp³-hybridized carbons (Fsp3) is 0.750. The van der Waals surface area contributed by atoms with E-state index in [1.165, 1.54) is 5.57 Å². The van der Waals surface area contributed by atoms with Crippen molar-refractivity contribution in [2.45, 2.75) is 45.0 Å². The summed E-state index contributed by atoms with van der Waals surface area (Å²) >= 11 is 1.70. The topological polar surface area (TPSA) is 26.3 Å². The zero-order valence-corrected chi connectivity index (χ0v) is 10.6. The van der Waals surface area contributed by atoms with E-state index < -0.39 is 0 Å². The van der Waals surface area contributed by atoms with Gasteiger partial charge in [-0.05, 0) is 12.5 Å². The average molecular weight is 226 g/mol. The van der Waals surface area contributed by atoms with E-state index in [1.54, 1.807) is 11.8 Å². The molecule has 0 amide bonds. The molecule has 0 unspecified atom stereocenters. The predicted octanol–water partition coefficient (Wildman–Crippen LogP) is 2.78. The first kappa shape index (κ1) is 11.2. The molecule has 0 aromatic carbocycles. The van der Waals surface area contributed by atoms with Gasteiger partial charge in [-0.25, -0.2) is 0 Å². The fourth-order valence-corrected chi connectivity index (χ4v) is 3.30. The zero-order valence-electron chi connectivity index (χ0n) is 9.79. The van der Waals surface area contributed by atoms with Crippen molar-refractivity contribution in [2.24, 2.45) is 5.92 Å². The van der Waals surface area contributed by atoms with Gasteiger partial charge in [0.15, 0.2) is 5.78 Å². The molecule has 0 N–H and O–H groups in total. The Morgan fingerprint density at radius 2 is 2.07 bits per heavy atom. The lowest BCUT2D eigenvalue weighted by Gasteiger charge is -2.18. The molecule has 84 valence electrons. The van der Waals surface area contributed by atoms with E-state index in [0.29, 0.717) is 24.7 Å². The second-order valence-electron chi connectivity index (χ2n) is 5.32. The monoisotopic (exact) mass is 226 g/mol. The van der Waals surface area contributed by atoms with Gasteiger partial charge in [-0.2, -0.15) is 0 Å². The number of hydrogen-bond donors (Lipinski definition) is 0. The van der Waals surface area contributed by atoms with Crippen LogP contribution in [0.3, 0.4) is 0 Å². The van der Waals surface area contributed by atoms with Crippen LogP contribution in [0.25, 0.3) is 0 Å². The maximum atomic E-state index is 11.9. The highest BCUT2D eigenvalue weighted by molar-refractivity contribution is 8.05. The van der Waals surface area contributed by atoms with Gasteiger partial charge in [0, 0.05) is 17.1 Å². The molecular weight excluding hydrogens is 208 g/mol. The third kappa shape index (κ3) is 2.13. The van der Waals surface area contributed by atoms with Crippen molar-refractivity contribution < 1.29 is 9.53 Å². The van der Waals surface area contributed by atoms with Gasteiger partial charge in [0.25, 0.3) is 0 Å². The molecule has 2 nitrogen and oxygen atoms in total. The number of ether oxygens (including phenoxy) is 1. The smallest absolute Gasteiger partial charge is 0.169 e. The quantitative estimate of drug-likeness (QED) is 0.687. The van der Waals surface area contributed by atoms with Gasteiger partial charge in [0.05, 0.1) is 17.6 Å². The first-order valence-electron chi connectivity index (χ1n) is 5.45. The third-order valence-electron chi connectivity index (χ3n) is 2.87. The van der Waals surface area contributed by atoms with Crippen LogP contribution in [0.15, 0.2) is 10.5 Å². The van der Waals surface area contributed by atoms with Gasteiger partial charge in [0.2, 0.25) is 0 Å². The number of fused-ring (bicyclic) bond motifs is 1. The van der Waals surface area contributed by atoms with E-state index in [0.717, 1.165) is 4.91 Å². The van der Waals surface area contributed by atoms with E-state index in [1.807, 2.05) is 0 Å². The molecule has 1 aliphatic carbocycles. The molecule has 1 aliphatic heterocycles. The van der Waals surface area contributed by atoms with Crippen LogP contribution in [0, 0.1) is 5.92 Å². The highest BCUT2D eigenvalue weighted by Gasteiger charge is 2.41. The van der Waals surface area contributed by atoms with Crippen LogP contribution in [0.4, 0.5) is 0 Å². The Labute approximate surface area is 95.5 Å². The van der Waals surface area contributed by atoms with Gasteiger partial charge < -0.3 is 4.74 Å². The van der Waals surface area contributed by atoms with E-state index in [-0.39, 0.29) is 10.9 Å². The summed E-state index contributed by atoms with van der Waals surface area (Å²) in [6.07, 6.45) is 0.886. The second kappa shape index (κ2) is 3.63. The number of hydrogen-bond acceptors (Lipinski definition) is 3. The number of ketones is 1. The molecule has 2 aliphatic rings. The summed E-state index contributed by atoms with van der Waals surface area (Å²) in [5.74, 6) is 0.687. The van der Waals surface area contributed by atoms with Crippen LogP contribution < -0.4 is 0 Å². The van der Waals surface area contributed by atoms with Crippen LogP contribution in [0.1, 0.15) is 34.1 Å². The fourth-order valence-electron chi connectivity index (χ4n) is 2.15. The molecule has 0 spiro atoms. The molecule has 0 bridgehead atoms. The van der Waals surface area contributed by atoms with E-state index >= 15 is 0 Å². The minimum Gasteiger partial charge on any atom is -0.373 e. The first-order chi connectivity index (χ1) is 6.88. The Hall–Kier alpha value is -0.280. The van der Waals surface area contributed by atoms with Crippen LogP contribution in [-0.4, -0.2) is 23.2 Å². The number of Topliss-reactive ketones (excluding diaryl/α,β-unsaturated/α-hetero) is 1. The molecule has 0 aromatic heterocycles. The average Bonchev–Trinajstić information content (AvgIpc) is 2.55. The zero-order chi connectivity index (χ0) is 11.2. The molecule has 0 aromatic rings. The summed E-state index contributed by atoms with van der Waals surface area (Å²) in [4.78, 5) is 12.9. The minimum absolute atomic E-state index is 0.110. The summed E-state index contributed by atoms with van der Waals surface area (Å²) in [5.41, 5.74) is 1.26. The lowest BCUT2D eigenvalue weighted by Crippen LogP contribution is -2.12. The van der Waals surface area contributed by atoms with Crippen molar-refractivity contribution in [3.63, 3.8) is 0 Å². The SMILES string of the molecule is C[C@H]1OCC2=C(SC(C)(C)C)C(=O)C[C@H]21. The molecule has 3 heteroatoms. The Bertz CT molecular complexity index is 325. The van der Waals surface area contributed by atoms with E-state index in [4.69, 9.17) is 4.74 Å². The van der Waals surface area contributed by atoms with Gasteiger partial charge in [-0.1, -0.05) is 20.8 Å². The van der Waals surface area contributed by atoms with Crippen molar-refractivity contribution in [3.8, 4) is 0 Å². The third-order valence-corrected chi connectivity index (χ3v) is 4.18. The number of rotatable bonds is 1. The predicted molar refractivity (Wildman–Crippen MR) is 62.9 cm³/mol. The molecule has 1 saturated heterocycles. The standard InChI is InChI=1S/C12H18O2S/c1-7-8-5-10(13)11(9(8)6-14-7)15-12(2,3)4/h7-8H,5-6H2,1-4H3/t7-,8+/m1/s1. The Morgan fingerprint density at radius 1 is 1.40 bits per heavy atom. The highest BCUT2D eigenvalue weighted by Crippen LogP contribution is 2.45. The van der Waals surface area contributed by atoms with Gasteiger partial charge >= 0.3 is 0 Å². The lowest BCUT2D eigenvalue weighted by atomic mass is 10.00. The Morgan fingerprint density at radius 3 is 2.67 bits per heavy atom. The molecule has 1 fully saturated rings. The summed E-state index contributed by atoms with van der Waals surface area (Å²) < 4.78 is 5.70. The largest absolute Gasteiger partial charge is 0.373 e. The maximum absolute atomic E-state index is 11.9. The molecule has 0 saturated carbocycles. The molecule has 15 heavy (non-hydrogen) atoms. The molecule has 2 atom stereocenters. The lowest BCUT2D eigenvalue weighted by molar-refractivity contribution is -0.115. The summed E-state index contributed by atoms with van der Waals surface area (Å²) in [6, 6.07) is 0.